The predicted molar refractivity (Wildman–Crippen MR) is 309 cm³/mol. The lowest BCUT2D eigenvalue weighted by molar-refractivity contribution is -0.379. The number of aliphatic hydroxyl groups is 11. The first kappa shape index (κ1) is 72.7. The molecule has 3 heterocycles. The zero-order valence-electron chi connectivity index (χ0n) is 49.0. The number of hydrogen-bond donors (Lipinski definition) is 12. The van der Waals surface area contributed by atoms with Crippen molar-refractivity contribution in [2.45, 2.75) is 298 Å². The van der Waals surface area contributed by atoms with Crippen LogP contribution >= 0.6 is 0 Å². The number of allylic oxidation sites excluding steroid dienone is 9. The highest BCUT2D eigenvalue weighted by atomic mass is 16.8. The van der Waals surface area contributed by atoms with Crippen molar-refractivity contribution in [2.75, 3.05) is 26.4 Å². The second kappa shape index (κ2) is 44.9. The van der Waals surface area contributed by atoms with Gasteiger partial charge < -0.3 is 89.9 Å². The second-order valence-corrected chi connectivity index (χ2v) is 22.2. The van der Waals surface area contributed by atoms with E-state index in [0.717, 1.165) is 70.6 Å². The maximum absolute atomic E-state index is 13.3. The van der Waals surface area contributed by atoms with Crippen molar-refractivity contribution in [3.05, 3.63) is 60.8 Å². The summed E-state index contributed by atoms with van der Waals surface area (Å²) in [5, 5.41) is 120. The molecule has 0 aromatic rings. The van der Waals surface area contributed by atoms with Crippen LogP contribution in [0.15, 0.2) is 60.8 Å². The molecule has 3 rings (SSSR count). The minimum absolute atomic E-state index is 0.218. The Morgan fingerprint density at radius 2 is 0.827 bits per heavy atom. The van der Waals surface area contributed by atoms with Gasteiger partial charge in [0.1, 0.15) is 73.2 Å². The van der Waals surface area contributed by atoms with Crippen LogP contribution in [0.5, 0.6) is 0 Å². The highest BCUT2D eigenvalue weighted by Gasteiger charge is 2.53. The Morgan fingerprint density at radius 1 is 0.444 bits per heavy atom. The van der Waals surface area contributed by atoms with Gasteiger partial charge in [0.15, 0.2) is 18.9 Å². The molecule has 0 bridgehead atoms. The number of carbonyl (C=O) groups excluding carboxylic acids is 1. The average Bonchev–Trinajstić information content (AvgIpc) is 3.46. The molecule has 3 fully saturated rings. The summed E-state index contributed by atoms with van der Waals surface area (Å²) >= 11 is 0. The molecular weight excluding hydrogens is 1050 g/mol. The third-order valence-corrected chi connectivity index (χ3v) is 15.3. The molecule has 0 saturated carbocycles. The molecule has 3 aliphatic heterocycles. The van der Waals surface area contributed by atoms with E-state index < -0.39 is 124 Å². The van der Waals surface area contributed by atoms with E-state index in [0.29, 0.717) is 12.8 Å². The fourth-order valence-corrected chi connectivity index (χ4v) is 10.2. The molecule has 19 nitrogen and oxygen atoms in total. The molecule has 3 saturated heterocycles. The van der Waals surface area contributed by atoms with Crippen molar-refractivity contribution in [3.63, 3.8) is 0 Å². The molecule has 470 valence electrons. The first-order valence-electron chi connectivity index (χ1n) is 31.0. The van der Waals surface area contributed by atoms with Crippen molar-refractivity contribution in [1.82, 2.24) is 5.32 Å². The molecule has 81 heavy (non-hydrogen) atoms. The highest BCUT2D eigenvalue weighted by molar-refractivity contribution is 5.76. The molecule has 0 aromatic heterocycles. The predicted octanol–water partition coefficient (Wildman–Crippen LogP) is 6.04. The van der Waals surface area contributed by atoms with E-state index in [1.54, 1.807) is 6.08 Å². The highest BCUT2D eigenvalue weighted by Crippen LogP contribution is 2.33. The monoisotopic (exact) mass is 1160 g/mol. The molecule has 17 unspecified atom stereocenters. The van der Waals surface area contributed by atoms with Gasteiger partial charge in [0.05, 0.1) is 38.6 Å². The van der Waals surface area contributed by atoms with Gasteiger partial charge in [-0.15, -0.1) is 0 Å². The molecule has 0 radical (unpaired) electrons. The summed E-state index contributed by atoms with van der Waals surface area (Å²) in [5.74, 6) is -0.300. The zero-order valence-corrected chi connectivity index (χ0v) is 49.0. The fraction of sp³-hybridized carbons (Fsp3) is 0.823. The second-order valence-electron chi connectivity index (χ2n) is 22.2. The maximum Gasteiger partial charge on any atom is 0.220 e. The average molecular weight is 1160 g/mol. The van der Waals surface area contributed by atoms with Crippen LogP contribution < -0.4 is 5.32 Å². The Morgan fingerprint density at radius 3 is 1.32 bits per heavy atom. The third kappa shape index (κ3) is 28.5. The van der Waals surface area contributed by atoms with Crippen molar-refractivity contribution >= 4 is 5.91 Å². The normalized spacial score (nSPS) is 30.2. The van der Waals surface area contributed by atoms with E-state index in [-0.39, 0.29) is 18.9 Å². The van der Waals surface area contributed by atoms with Crippen molar-refractivity contribution in [2.24, 2.45) is 0 Å². The van der Waals surface area contributed by atoms with Crippen LogP contribution in [0.25, 0.3) is 0 Å². The van der Waals surface area contributed by atoms with Gasteiger partial charge in [0, 0.05) is 6.42 Å². The first-order valence-corrected chi connectivity index (χ1v) is 31.0. The van der Waals surface area contributed by atoms with Gasteiger partial charge in [-0.3, -0.25) is 4.79 Å². The van der Waals surface area contributed by atoms with Gasteiger partial charge in [-0.25, -0.2) is 0 Å². The minimum Gasteiger partial charge on any atom is -0.394 e. The van der Waals surface area contributed by atoms with E-state index >= 15 is 0 Å². The molecule has 0 aromatic carbocycles. The van der Waals surface area contributed by atoms with Gasteiger partial charge in [0.25, 0.3) is 0 Å². The van der Waals surface area contributed by atoms with E-state index in [9.17, 15) is 61.0 Å². The quantitative estimate of drug-likeness (QED) is 0.0244. The fourth-order valence-electron chi connectivity index (χ4n) is 10.2. The van der Waals surface area contributed by atoms with Crippen molar-refractivity contribution < 1.29 is 89.4 Å². The van der Waals surface area contributed by atoms with Crippen LogP contribution in [0.4, 0.5) is 0 Å². The minimum atomic E-state index is -1.98. The lowest BCUT2D eigenvalue weighted by atomic mass is 9.96. The summed E-state index contributed by atoms with van der Waals surface area (Å²) in [6, 6.07) is -0.999. The summed E-state index contributed by atoms with van der Waals surface area (Å²) in [4.78, 5) is 13.3. The summed E-state index contributed by atoms with van der Waals surface area (Å²) in [7, 11) is 0. The summed E-state index contributed by atoms with van der Waals surface area (Å²) in [6.45, 7) is 1.66. The maximum atomic E-state index is 13.3. The van der Waals surface area contributed by atoms with E-state index in [4.69, 9.17) is 28.4 Å². The Bertz CT molecular complexity index is 1710. The number of nitrogens with one attached hydrogen (secondary N) is 1. The molecule has 12 N–H and O–H groups in total. The molecule has 1 amide bonds. The standard InChI is InChI=1S/C62H109NO18/c1-3-5-7-9-11-13-15-17-19-20-21-22-23-24-26-28-30-32-34-36-38-40-50(68)63-45(46(67)39-37-35-33-31-29-27-25-18-16-14-12-10-8-6-4-2)44-76-60-56(74)53(71)58(48(42-65)78-60)81-62-57(75)54(72)59(49(43-66)79-62)80-61-55(73)52(70)51(69)47(41-64)77-61/h15,17,20-21,23-24,29,31,37,39,45-49,51-62,64-67,69-75H,3-14,16,18-19,22,25-28,30,32-36,38,40-44H2,1-2H3,(H,63,68)/b17-15-,21-20-,24-23-,31-29+,39-37+. The molecule has 19 heteroatoms. The first-order chi connectivity index (χ1) is 39.3. The van der Waals surface area contributed by atoms with Gasteiger partial charge in [-0.1, -0.05) is 177 Å². The number of hydrogen-bond acceptors (Lipinski definition) is 18. The Kier molecular flexibility index (Phi) is 40.3. The van der Waals surface area contributed by atoms with Crippen LogP contribution in [0.3, 0.4) is 0 Å². The number of ether oxygens (including phenoxy) is 6. The summed E-state index contributed by atoms with van der Waals surface area (Å²) in [6.07, 6.45) is 24.8. The summed E-state index contributed by atoms with van der Waals surface area (Å²) in [5.41, 5.74) is 0. The number of rotatable bonds is 45. The largest absolute Gasteiger partial charge is 0.394 e. The van der Waals surface area contributed by atoms with Gasteiger partial charge in [-0.2, -0.15) is 0 Å². The van der Waals surface area contributed by atoms with Gasteiger partial charge in [0.2, 0.25) is 5.91 Å². The van der Waals surface area contributed by atoms with Crippen LogP contribution in [0.2, 0.25) is 0 Å². The van der Waals surface area contributed by atoms with E-state index in [2.05, 4.69) is 67.8 Å². The van der Waals surface area contributed by atoms with Crippen LogP contribution in [0, 0.1) is 0 Å². The molecule has 0 spiro atoms. The smallest absolute Gasteiger partial charge is 0.220 e. The SMILES string of the molecule is CCCCCCC/C=C\C/C=C\C/C=C\CCCCCCCCC(=O)NC(COC1OC(CO)C(OC2OC(CO)C(OC3OC(CO)C(O)C(O)C3O)C(O)C2O)C(O)C1O)C(O)/C=C/CC/C=C/CCCCCCCCCCC. The summed E-state index contributed by atoms with van der Waals surface area (Å²) < 4.78 is 34.2. The molecule has 17 atom stereocenters. The van der Waals surface area contributed by atoms with Crippen LogP contribution in [0.1, 0.15) is 194 Å². The topological polar surface area (TPSA) is 307 Å². The molecular formula is C62H109NO18. The zero-order chi connectivity index (χ0) is 59.0. The Hall–Kier alpha value is -2.51. The van der Waals surface area contributed by atoms with Crippen LogP contribution in [-0.4, -0.2) is 193 Å². The lowest BCUT2D eigenvalue weighted by Crippen LogP contribution is -2.66. The number of aliphatic hydroxyl groups excluding tert-OH is 11. The molecule has 3 aliphatic rings. The Labute approximate surface area is 484 Å². The van der Waals surface area contributed by atoms with E-state index in [1.165, 1.54) is 89.9 Å². The van der Waals surface area contributed by atoms with E-state index in [1.807, 2.05) is 6.08 Å². The van der Waals surface area contributed by atoms with Crippen molar-refractivity contribution in [1.29, 1.82) is 0 Å². The third-order valence-electron chi connectivity index (χ3n) is 15.3. The number of carbonyl (C=O) groups is 1. The molecule has 0 aliphatic carbocycles. The lowest BCUT2D eigenvalue weighted by Gasteiger charge is -2.48. The number of amides is 1. The number of unbranched alkanes of at least 4 members (excludes halogenated alkanes) is 21. The van der Waals surface area contributed by atoms with Crippen molar-refractivity contribution in [3.8, 4) is 0 Å². The van der Waals surface area contributed by atoms with Gasteiger partial charge >= 0.3 is 0 Å². The van der Waals surface area contributed by atoms with Crippen LogP contribution in [-0.2, 0) is 33.2 Å². The Balaban J connectivity index is 1.50. The van der Waals surface area contributed by atoms with Gasteiger partial charge in [-0.05, 0) is 70.6 Å².